The summed E-state index contributed by atoms with van der Waals surface area (Å²) >= 11 is 0. The topological polar surface area (TPSA) is 94.6 Å². The summed E-state index contributed by atoms with van der Waals surface area (Å²) in [6.07, 6.45) is 1.12. The summed E-state index contributed by atoms with van der Waals surface area (Å²) in [6, 6.07) is 23.8. The lowest BCUT2D eigenvalue weighted by molar-refractivity contribution is 0.00693. The van der Waals surface area contributed by atoms with Gasteiger partial charge in [0.15, 0.2) is 0 Å². The summed E-state index contributed by atoms with van der Waals surface area (Å²) in [5.41, 5.74) is 3.76. The third kappa shape index (κ3) is 6.82. The molecule has 0 atom stereocenters. The predicted octanol–water partition coefficient (Wildman–Crippen LogP) is 5.81. The minimum atomic E-state index is -3.32. The number of aromatic nitrogens is 1. The van der Waals surface area contributed by atoms with Crippen LogP contribution in [0.4, 0.5) is 5.69 Å². The van der Waals surface area contributed by atoms with E-state index < -0.39 is 15.6 Å². The van der Waals surface area contributed by atoms with E-state index >= 15 is 0 Å². The average Bonchev–Trinajstić information content (AvgIpc) is 2.81. The molecule has 4 rings (SSSR count). The molecule has 0 saturated heterocycles. The van der Waals surface area contributed by atoms with Crippen molar-refractivity contribution in [2.45, 2.75) is 33.0 Å². The Morgan fingerprint density at radius 2 is 1.69 bits per heavy atom. The van der Waals surface area contributed by atoms with E-state index in [1.54, 1.807) is 24.3 Å². The molecular formula is C28H28N2O5S. The lowest BCUT2D eigenvalue weighted by atomic mass is 10.1. The highest BCUT2D eigenvalue weighted by molar-refractivity contribution is 7.92. The van der Waals surface area contributed by atoms with Gasteiger partial charge in [0, 0.05) is 16.6 Å². The molecule has 36 heavy (non-hydrogen) atoms. The van der Waals surface area contributed by atoms with Crippen LogP contribution in [-0.2, 0) is 21.4 Å². The molecule has 0 aliphatic heterocycles. The molecule has 0 aliphatic carbocycles. The maximum atomic E-state index is 12.3. The number of hydrogen-bond donors (Lipinski definition) is 1. The third-order valence-corrected chi connectivity index (χ3v) is 5.72. The van der Waals surface area contributed by atoms with E-state index in [-0.39, 0.29) is 5.97 Å². The lowest BCUT2D eigenvalue weighted by Crippen LogP contribution is -2.23. The highest BCUT2D eigenvalue weighted by Gasteiger charge is 2.18. The van der Waals surface area contributed by atoms with Gasteiger partial charge in [0.2, 0.25) is 10.0 Å². The smallest absolute Gasteiger partial charge is 0.338 e. The molecule has 0 radical (unpaired) electrons. The van der Waals surface area contributed by atoms with E-state index in [0.29, 0.717) is 23.6 Å². The summed E-state index contributed by atoms with van der Waals surface area (Å²) in [5, 5.41) is 0.925. The van der Waals surface area contributed by atoms with Crippen LogP contribution >= 0.6 is 0 Å². The molecule has 0 spiro atoms. The monoisotopic (exact) mass is 504 g/mol. The number of nitrogens with zero attached hydrogens (tertiary/aromatic N) is 1. The van der Waals surface area contributed by atoms with Gasteiger partial charge in [-0.3, -0.25) is 4.72 Å². The fraction of sp³-hybridized carbons (Fsp3) is 0.214. The minimum absolute atomic E-state index is 0.307. The fourth-order valence-electron chi connectivity index (χ4n) is 3.57. The average molecular weight is 505 g/mol. The fourth-order valence-corrected chi connectivity index (χ4v) is 4.13. The van der Waals surface area contributed by atoms with E-state index in [2.05, 4.69) is 4.72 Å². The SMILES string of the molecule is CC(C)(C)OC(=O)c1cccc(COc2ccc3nc(-c4ccc(NS(C)(=O)=O)cc4)ccc3c2)c1. The Labute approximate surface area is 211 Å². The highest BCUT2D eigenvalue weighted by Crippen LogP contribution is 2.26. The van der Waals surface area contributed by atoms with Gasteiger partial charge in [0.25, 0.3) is 0 Å². The second-order valence-corrected chi connectivity index (χ2v) is 11.2. The van der Waals surface area contributed by atoms with Gasteiger partial charge in [0.1, 0.15) is 18.0 Å². The number of carbonyl (C=O) groups excluding carboxylic acids is 1. The van der Waals surface area contributed by atoms with Crippen LogP contribution in [0.2, 0.25) is 0 Å². The molecule has 7 nitrogen and oxygen atoms in total. The summed E-state index contributed by atoms with van der Waals surface area (Å²) in [4.78, 5) is 17.1. The Hall–Kier alpha value is -3.91. The number of carbonyl (C=O) groups is 1. The van der Waals surface area contributed by atoms with Crippen molar-refractivity contribution in [2.24, 2.45) is 0 Å². The van der Waals surface area contributed by atoms with Crippen molar-refractivity contribution in [1.29, 1.82) is 0 Å². The molecule has 0 saturated carbocycles. The molecule has 1 N–H and O–H groups in total. The number of rotatable bonds is 7. The van der Waals surface area contributed by atoms with Gasteiger partial charge in [-0.15, -0.1) is 0 Å². The Balaban J connectivity index is 1.45. The summed E-state index contributed by atoms with van der Waals surface area (Å²) < 4.78 is 36.6. The van der Waals surface area contributed by atoms with Crippen LogP contribution in [0, 0.1) is 0 Å². The normalized spacial score (nSPS) is 11.8. The summed E-state index contributed by atoms with van der Waals surface area (Å²) in [5.74, 6) is 0.328. The number of benzene rings is 3. The van der Waals surface area contributed by atoms with E-state index in [9.17, 15) is 13.2 Å². The van der Waals surface area contributed by atoms with Gasteiger partial charge in [-0.2, -0.15) is 0 Å². The molecular weight excluding hydrogens is 476 g/mol. The van der Waals surface area contributed by atoms with Crippen molar-refractivity contribution in [3.05, 3.63) is 90.0 Å². The van der Waals surface area contributed by atoms with Crippen molar-refractivity contribution in [2.75, 3.05) is 11.0 Å². The third-order valence-electron chi connectivity index (χ3n) is 5.11. The molecule has 0 unspecified atom stereocenters. The molecule has 186 valence electrons. The molecule has 0 aliphatic rings. The van der Waals surface area contributed by atoms with Crippen LogP contribution in [0.5, 0.6) is 5.75 Å². The Morgan fingerprint density at radius 1 is 0.944 bits per heavy atom. The van der Waals surface area contributed by atoms with Gasteiger partial charge < -0.3 is 9.47 Å². The number of fused-ring (bicyclic) bond motifs is 1. The van der Waals surface area contributed by atoms with Gasteiger partial charge in [-0.25, -0.2) is 18.2 Å². The van der Waals surface area contributed by atoms with E-state index in [1.807, 2.05) is 75.4 Å². The lowest BCUT2D eigenvalue weighted by Gasteiger charge is -2.19. The van der Waals surface area contributed by atoms with Crippen molar-refractivity contribution in [3.8, 4) is 17.0 Å². The number of pyridine rings is 1. The molecule has 1 aromatic heterocycles. The first-order valence-electron chi connectivity index (χ1n) is 11.4. The van der Waals surface area contributed by atoms with Crippen molar-refractivity contribution in [1.82, 2.24) is 4.98 Å². The van der Waals surface area contributed by atoms with Crippen LogP contribution in [0.3, 0.4) is 0 Å². The number of anilines is 1. The quantitative estimate of drug-likeness (QED) is 0.319. The van der Waals surface area contributed by atoms with Crippen LogP contribution in [0.25, 0.3) is 22.2 Å². The molecule has 0 fully saturated rings. The Morgan fingerprint density at radius 3 is 2.39 bits per heavy atom. The molecule has 4 aromatic rings. The number of hydrogen-bond acceptors (Lipinski definition) is 6. The van der Waals surface area contributed by atoms with Crippen molar-refractivity contribution >= 4 is 32.6 Å². The van der Waals surface area contributed by atoms with Gasteiger partial charge in [-0.1, -0.05) is 30.3 Å². The molecule has 0 bridgehead atoms. The standard InChI is InChI=1S/C28H28N2O5S/c1-28(2,3)35-27(31)22-7-5-6-19(16-22)18-34-24-13-15-26-21(17-24)10-14-25(29-26)20-8-11-23(12-9-20)30-36(4,32)33/h5-17,30H,18H2,1-4H3. The van der Waals surface area contributed by atoms with Crippen molar-refractivity contribution in [3.63, 3.8) is 0 Å². The van der Waals surface area contributed by atoms with Gasteiger partial charge >= 0.3 is 5.97 Å². The number of sulfonamides is 1. The van der Waals surface area contributed by atoms with Crippen LogP contribution in [-0.4, -0.2) is 31.2 Å². The van der Waals surface area contributed by atoms with Gasteiger partial charge in [0.05, 0.1) is 23.0 Å². The van der Waals surface area contributed by atoms with Gasteiger partial charge in [-0.05, 0) is 74.9 Å². The minimum Gasteiger partial charge on any atom is -0.489 e. The second kappa shape index (κ2) is 9.99. The summed E-state index contributed by atoms with van der Waals surface area (Å²) in [6.45, 7) is 5.82. The zero-order valence-electron chi connectivity index (χ0n) is 20.6. The second-order valence-electron chi connectivity index (χ2n) is 9.49. The summed E-state index contributed by atoms with van der Waals surface area (Å²) in [7, 11) is -3.32. The largest absolute Gasteiger partial charge is 0.489 e. The predicted molar refractivity (Wildman–Crippen MR) is 142 cm³/mol. The number of nitrogens with one attached hydrogen (secondary N) is 1. The molecule has 1 heterocycles. The van der Waals surface area contributed by atoms with E-state index in [4.69, 9.17) is 14.5 Å². The number of ether oxygens (including phenoxy) is 2. The zero-order chi connectivity index (χ0) is 25.9. The van der Waals surface area contributed by atoms with E-state index in [0.717, 1.165) is 34.0 Å². The first kappa shape index (κ1) is 25.2. The Bertz CT molecular complexity index is 1510. The molecule has 3 aromatic carbocycles. The molecule has 8 heteroatoms. The first-order chi connectivity index (χ1) is 16.9. The highest BCUT2D eigenvalue weighted by atomic mass is 32.2. The molecule has 0 amide bonds. The van der Waals surface area contributed by atoms with Crippen molar-refractivity contribution < 1.29 is 22.7 Å². The first-order valence-corrected chi connectivity index (χ1v) is 13.3. The van der Waals surface area contributed by atoms with Crippen LogP contribution in [0.15, 0.2) is 78.9 Å². The number of esters is 1. The zero-order valence-corrected chi connectivity index (χ0v) is 21.4. The Kier molecular flexibility index (Phi) is 6.99. The maximum Gasteiger partial charge on any atom is 0.338 e. The van der Waals surface area contributed by atoms with Crippen LogP contribution < -0.4 is 9.46 Å². The van der Waals surface area contributed by atoms with E-state index in [1.165, 1.54) is 0 Å². The van der Waals surface area contributed by atoms with Crippen LogP contribution in [0.1, 0.15) is 36.7 Å². The maximum absolute atomic E-state index is 12.3.